The summed E-state index contributed by atoms with van der Waals surface area (Å²) in [4.78, 5) is 5.29. The van der Waals surface area contributed by atoms with E-state index < -0.39 is 0 Å². The molecule has 0 aliphatic rings. The van der Waals surface area contributed by atoms with E-state index in [0.29, 0.717) is 6.54 Å². The van der Waals surface area contributed by atoms with Crippen molar-refractivity contribution in [2.75, 3.05) is 25.5 Å². The molecule has 23 heavy (non-hydrogen) atoms. The summed E-state index contributed by atoms with van der Waals surface area (Å²) in [5, 5.41) is 0.922. The van der Waals surface area contributed by atoms with Gasteiger partial charge in [0.05, 0.1) is 0 Å². The Hall–Kier alpha value is -2.33. The smallest absolute Gasteiger partial charge is 0.123 e. The van der Waals surface area contributed by atoms with Gasteiger partial charge in [-0.05, 0) is 54.4 Å². The average Bonchev–Trinajstić information content (AvgIpc) is 2.96. The molecular formula is C19H22FN3. The largest absolute Gasteiger partial charge is 0.378 e. The van der Waals surface area contributed by atoms with Crippen LogP contribution in [0.4, 0.5) is 10.1 Å². The van der Waals surface area contributed by atoms with Gasteiger partial charge in [0.15, 0.2) is 0 Å². The van der Waals surface area contributed by atoms with E-state index >= 15 is 0 Å². The first-order valence-corrected chi connectivity index (χ1v) is 7.81. The van der Waals surface area contributed by atoms with E-state index in [1.807, 2.05) is 20.3 Å². The Balaban J connectivity index is 1.88. The van der Waals surface area contributed by atoms with Gasteiger partial charge in [-0.3, -0.25) is 0 Å². The number of anilines is 1. The lowest BCUT2D eigenvalue weighted by Gasteiger charge is -2.16. The van der Waals surface area contributed by atoms with Crippen molar-refractivity contribution in [3.05, 3.63) is 65.6 Å². The number of H-pyrrole nitrogens is 1. The van der Waals surface area contributed by atoms with Gasteiger partial charge < -0.3 is 15.6 Å². The van der Waals surface area contributed by atoms with Crippen molar-refractivity contribution < 1.29 is 4.39 Å². The van der Waals surface area contributed by atoms with E-state index in [1.54, 1.807) is 12.1 Å². The zero-order valence-corrected chi connectivity index (χ0v) is 13.5. The summed E-state index contributed by atoms with van der Waals surface area (Å²) in [7, 11) is 4.05. The highest BCUT2D eigenvalue weighted by Crippen LogP contribution is 2.28. The van der Waals surface area contributed by atoms with Crippen LogP contribution in [0.15, 0.2) is 48.7 Å². The zero-order chi connectivity index (χ0) is 16.4. The predicted octanol–water partition coefficient (Wildman–Crippen LogP) is 3.66. The minimum absolute atomic E-state index is 0.163. The van der Waals surface area contributed by atoms with Gasteiger partial charge >= 0.3 is 0 Å². The Bertz CT molecular complexity index is 790. The molecule has 0 fully saturated rings. The summed E-state index contributed by atoms with van der Waals surface area (Å²) < 4.78 is 13.6. The molecule has 0 aliphatic heterocycles. The van der Waals surface area contributed by atoms with Gasteiger partial charge in [-0.25, -0.2) is 4.39 Å². The van der Waals surface area contributed by atoms with Crippen LogP contribution in [-0.2, 0) is 6.42 Å². The van der Waals surface area contributed by atoms with Gasteiger partial charge in [0, 0.05) is 42.8 Å². The first-order valence-electron chi connectivity index (χ1n) is 7.81. The van der Waals surface area contributed by atoms with Gasteiger partial charge in [0.2, 0.25) is 0 Å². The first kappa shape index (κ1) is 15.6. The van der Waals surface area contributed by atoms with E-state index in [0.717, 1.165) is 22.9 Å². The van der Waals surface area contributed by atoms with Crippen molar-refractivity contribution >= 4 is 16.6 Å². The summed E-state index contributed by atoms with van der Waals surface area (Å²) in [5.41, 5.74) is 10.4. The van der Waals surface area contributed by atoms with Gasteiger partial charge in [0.1, 0.15) is 5.82 Å². The SMILES string of the molecule is CN(C)c1ccc(CC(CN)c2c[nH]c3ccc(F)cc23)cc1. The first-order chi connectivity index (χ1) is 11.1. The molecule has 2 aromatic carbocycles. The molecule has 3 nitrogen and oxygen atoms in total. The molecule has 3 N–H and O–H groups in total. The number of hydrogen-bond acceptors (Lipinski definition) is 2. The normalized spacial score (nSPS) is 12.5. The summed E-state index contributed by atoms with van der Waals surface area (Å²) in [6.45, 7) is 0.527. The molecule has 1 heterocycles. The van der Waals surface area contributed by atoms with Crippen molar-refractivity contribution in [3.8, 4) is 0 Å². The number of benzene rings is 2. The highest BCUT2D eigenvalue weighted by molar-refractivity contribution is 5.83. The number of fused-ring (bicyclic) bond motifs is 1. The Morgan fingerprint density at radius 3 is 2.52 bits per heavy atom. The maximum absolute atomic E-state index is 13.6. The standard InChI is InChI=1S/C19H22FN3/c1-23(2)16-6-3-13(4-7-16)9-14(11-21)18-12-22-19-8-5-15(20)10-17(18)19/h3-8,10,12,14,22H,9,11,21H2,1-2H3. The van der Waals surface area contributed by atoms with Crippen LogP contribution < -0.4 is 10.6 Å². The third-order valence-electron chi connectivity index (χ3n) is 4.33. The fraction of sp³-hybridized carbons (Fsp3) is 0.263. The second kappa shape index (κ2) is 6.42. The highest BCUT2D eigenvalue weighted by atomic mass is 19.1. The Kier molecular flexibility index (Phi) is 4.35. The number of aromatic amines is 1. The van der Waals surface area contributed by atoms with Gasteiger partial charge in [0.25, 0.3) is 0 Å². The fourth-order valence-corrected chi connectivity index (χ4v) is 2.99. The summed E-state index contributed by atoms with van der Waals surface area (Å²) in [5.74, 6) is -0.0554. The zero-order valence-electron chi connectivity index (χ0n) is 13.5. The topological polar surface area (TPSA) is 45.0 Å². The molecule has 0 aliphatic carbocycles. The van der Waals surface area contributed by atoms with E-state index in [2.05, 4.69) is 34.1 Å². The van der Waals surface area contributed by atoms with Crippen LogP contribution >= 0.6 is 0 Å². The summed E-state index contributed by atoms with van der Waals surface area (Å²) >= 11 is 0. The number of nitrogens with two attached hydrogens (primary N) is 1. The van der Waals surface area contributed by atoms with Crippen LogP contribution in [0.2, 0.25) is 0 Å². The van der Waals surface area contributed by atoms with Crippen LogP contribution in [-0.4, -0.2) is 25.6 Å². The molecule has 1 aromatic heterocycles. The predicted molar refractivity (Wildman–Crippen MR) is 94.5 cm³/mol. The second-order valence-corrected chi connectivity index (χ2v) is 6.13. The highest BCUT2D eigenvalue weighted by Gasteiger charge is 2.16. The molecule has 3 aromatic rings. The van der Waals surface area contributed by atoms with Crippen LogP contribution in [0.5, 0.6) is 0 Å². The Morgan fingerprint density at radius 2 is 1.87 bits per heavy atom. The van der Waals surface area contributed by atoms with Crippen LogP contribution in [0, 0.1) is 5.82 Å². The molecule has 1 unspecified atom stereocenters. The lowest BCUT2D eigenvalue weighted by molar-refractivity contribution is 0.629. The maximum Gasteiger partial charge on any atom is 0.123 e. The average molecular weight is 311 g/mol. The molecule has 120 valence electrons. The number of halogens is 1. The number of nitrogens with one attached hydrogen (secondary N) is 1. The lowest BCUT2D eigenvalue weighted by Crippen LogP contribution is -2.15. The van der Waals surface area contributed by atoms with E-state index in [-0.39, 0.29) is 11.7 Å². The Morgan fingerprint density at radius 1 is 1.13 bits per heavy atom. The molecule has 0 radical (unpaired) electrons. The molecule has 3 rings (SSSR count). The quantitative estimate of drug-likeness (QED) is 0.755. The molecule has 0 amide bonds. The summed E-state index contributed by atoms with van der Waals surface area (Å²) in [6, 6.07) is 13.3. The molecule has 4 heteroatoms. The molecule has 1 atom stereocenters. The van der Waals surface area contributed by atoms with Crippen molar-refractivity contribution in [2.24, 2.45) is 5.73 Å². The number of rotatable bonds is 5. The van der Waals surface area contributed by atoms with Crippen molar-refractivity contribution in [1.82, 2.24) is 4.98 Å². The van der Waals surface area contributed by atoms with Gasteiger partial charge in [-0.1, -0.05) is 12.1 Å². The van der Waals surface area contributed by atoms with Gasteiger partial charge in [-0.15, -0.1) is 0 Å². The third-order valence-corrected chi connectivity index (χ3v) is 4.33. The molecular weight excluding hydrogens is 289 g/mol. The monoisotopic (exact) mass is 311 g/mol. The molecule has 0 saturated heterocycles. The number of aromatic nitrogens is 1. The third kappa shape index (κ3) is 3.22. The van der Waals surface area contributed by atoms with E-state index in [9.17, 15) is 4.39 Å². The van der Waals surface area contributed by atoms with Crippen LogP contribution in [0.1, 0.15) is 17.0 Å². The second-order valence-electron chi connectivity index (χ2n) is 6.13. The van der Waals surface area contributed by atoms with Gasteiger partial charge in [-0.2, -0.15) is 0 Å². The summed E-state index contributed by atoms with van der Waals surface area (Å²) in [6.07, 6.45) is 2.80. The fourth-order valence-electron chi connectivity index (χ4n) is 2.99. The molecule has 0 bridgehead atoms. The van der Waals surface area contributed by atoms with Crippen molar-refractivity contribution in [3.63, 3.8) is 0 Å². The number of nitrogens with zero attached hydrogens (tertiary/aromatic N) is 1. The van der Waals surface area contributed by atoms with Crippen molar-refractivity contribution in [1.29, 1.82) is 0 Å². The van der Waals surface area contributed by atoms with E-state index in [4.69, 9.17) is 5.73 Å². The maximum atomic E-state index is 13.6. The van der Waals surface area contributed by atoms with Crippen LogP contribution in [0.25, 0.3) is 10.9 Å². The minimum atomic E-state index is -0.218. The minimum Gasteiger partial charge on any atom is -0.378 e. The Labute approximate surface area is 135 Å². The van der Waals surface area contributed by atoms with Crippen LogP contribution in [0.3, 0.4) is 0 Å². The molecule has 0 spiro atoms. The van der Waals surface area contributed by atoms with Crippen molar-refractivity contribution in [2.45, 2.75) is 12.3 Å². The number of hydrogen-bond donors (Lipinski definition) is 2. The van der Waals surface area contributed by atoms with E-state index in [1.165, 1.54) is 17.3 Å². The lowest BCUT2D eigenvalue weighted by atomic mass is 9.91. The molecule has 0 saturated carbocycles.